The van der Waals surface area contributed by atoms with Gasteiger partial charge in [-0.15, -0.1) is 0 Å². The summed E-state index contributed by atoms with van der Waals surface area (Å²) < 4.78 is 5.11. The van der Waals surface area contributed by atoms with E-state index in [9.17, 15) is 14.9 Å². The second-order valence-electron chi connectivity index (χ2n) is 5.13. The van der Waals surface area contributed by atoms with Crippen molar-refractivity contribution in [3.05, 3.63) is 68.7 Å². The number of nitro benzene ring substituents is 1. The predicted molar refractivity (Wildman–Crippen MR) is 91.6 cm³/mol. The van der Waals surface area contributed by atoms with Crippen LogP contribution >= 0.6 is 11.6 Å². The molecule has 2 aromatic rings. The number of benzene rings is 2. The van der Waals surface area contributed by atoms with E-state index >= 15 is 0 Å². The van der Waals surface area contributed by atoms with Crippen molar-refractivity contribution in [2.45, 2.75) is 19.4 Å². The van der Waals surface area contributed by atoms with Crippen molar-refractivity contribution in [1.82, 2.24) is 5.32 Å². The van der Waals surface area contributed by atoms with Gasteiger partial charge in [0.15, 0.2) is 0 Å². The molecule has 0 fully saturated rings. The Morgan fingerprint density at radius 1 is 1.29 bits per heavy atom. The Kier molecular flexibility index (Phi) is 5.76. The molecule has 24 heavy (non-hydrogen) atoms. The lowest BCUT2D eigenvalue weighted by atomic mass is 10.0. The van der Waals surface area contributed by atoms with Gasteiger partial charge in [0, 0.05) is 11.1 Å². The Labute approximate surface area is 144 Å². The molecule has 1 amide bonds. The molecule has 0 unspecified atom stereocenters. The van der Waals surface area contributed by atoms with Gasteiger partial charge in [-0.1, -0.05) is 30.7 Å². The molecule has 0 saturated heterocycles. The maximum absolute atomic E-state index is 12.5. The summed E-state index contributed by atoms with van der Waals surface area (Å²) >= 11 is 5.78. The fourth-order valence-corrected chi connectivity index (χ4v) is 2.51. The zero-order valence-corrected chi connectivity index (χ0v) is 14.0. The lowest BCUT2D eigenvalue weighted by molar-refractivity contribution is -0.385. The van der Waals surface area contributed by atoms with Gasteiger partial charge in [-0.25, -0.2) is 0 Å². The van der Waals surface area contributed by atoms with Crippen LogP contribution in [0.2, 0.25) is 5.02 Å². The standard InChI is InChI=1S/C17H17ClN2O4/c1-3-15(11-4-7-13(24-2)8-5-11)19-17(21)14-9-6-12(18)10-16(14)20(22)23/h4-10,15H,3H2,1-2H3,(H,19,21)/t15-/m0/s1. The van der Waals surface area contributed by atoms with E-state index in [1.807, 2.05) is 19.1 Å². The van der Waals surface area contributed by atoms with Crippen LogP contribution in [0.25, 0.3) is 0 Å². The lowest BCUT2D eigenvalue weighted by Crippen LogP contribution is -2.28. The van der Waals surface area contributed by atoms with Gasteiger partial charge in [0.25, 0.3) is 11.6 Å². The van der Waals surface area contributed by atoms with Crippen molar-refractivity contribution in [3.63, 3.8) is 0 Å². The molecule has 0 spiro atoms. The maximum atomic E-state index is 12.5. The minimum absolute atomic E-state index is 0.0173. The molecule has 0 aliphatic heterocycles. The molecule has 0 heterocycles. The van der Waals surface area contributed by atoms with Crippen LogP contribution in [-0.4, -0.2) is 17.9 Å². The first-order chi connectivity index (χ1) is 11.5. The van der Waals surface area contributed by atoms with Crippen LogP contribution in [0, 0.1) is 10.1 Å². The van der Waals surface area contributed by atoms with Crippen molar-refractivity contribution in [1.29, 1.82) is 0 Å². The number of hydrogen-bond donors (Lipinski definition) is 1. The molecule has 126 valence electrons. The van der Waals surface area contributed by atoms with Gasteiger partial charge in [0.2, 0.25) is 0 Å². The Bertz CT molecular complexity index is 747. The van der Waals surface area contributed by atoms with E-state index in [-0.39, 0.29) is 22.3 Å². The second kappa shape index (κ2) is 7.79. The number of nitrogens with zero attached hydrogens (tertiary/aromatic N) is 1. The third-order valence-corrected chi connectivity index (χ3v) is 3.87. The van der Waals surface area contributed by atoms with Gasteiger partial charge in [0.05, 0.1) is 18.1 Å². The van der Waals surface area contributed by atoms with Crippen molar-refractivity contribution < 1.29 is 14.5 Å². The summed E-state index contributed by atoms with van der Waals surface area (Å²) in [6.07, 6.45) is 0.638. The van der Waals surface area contributed by atoms with Gasteiger partial charge in [-0.2, -0.15) is 0 Å². The van der Waals surface area contributed by atoms with Gasteiger partial charge in [-0.05, 0) is 36.2 Å². The van der Waals surface area contributed by atoms with Crippen molar-refractivity contribution in [2.75, 3.05) is 7.11 Å². The average molecular weight is 349 g/mol. The Hall–Kier alpha value is -2.60. The summed E-state index contributed by atoms with van der Waals surface area (Å²) in [5, 5.41) is 14.2. The first-order valence-corrected chi connectivity index (χ1v) is 7.72. The van der Waals surface area contributed by atoms with Crippen LogP contribution in [-0.2, 0) is 0 Å². The molecule has 0 bridgehead atoms. The highest BCUT2D eigenvalue weighted by Crippen LogP contribution is 2.25. The van der Waals surface area contributed by atoms with Crippen LogP contribution in [0.15, 0.2) is 42.5 Å². The molecule has 0 radical (unpaired) electrons. The predicted octanol–water partition coefficient (Wildman–Crippen LogP) is 4.14. The third-order valence-electron chi connectivity index (χ3n) is 3.63. The van der Waals surface area contributed by atoms with E-state index in [4.69, 9.17) is 16.3 Å². The molecule has 0 aliphatic rings. The minimum atomic E-state index is -0.616. The summed E-state index contributed by atoms with van der Waals surface area (Å²) in [5.74, 6) is 0.203. The van der Waals surface area contributed by atoms with Crippen LogP contribution in [0.3, 0.4) is 0 Å². The molecule has 7 heteroatoms. The summed E-state index contributed by atoms with van der Waals surface area (Å²) in [4.78, 5) is 23.0. The summed E-state index contributed by atoms with van der Waals surface area (Å²) in [6.45, 7) is 1.92. The minimum Gasteiger partial charge on any atom is -0.497 e. The lowest BCUT2D eigenvalue weighted by Gasteiger charge is -2.18. The number of ether oxygens (including phenoxy) is 1. The Balaban J connectivity index is 2.24. The number of carbonyl (C=O) groups excluding carboxylic acids is 1. The Morgan fingerprint density at radius 2 is 1.96 bits per heavy atom. The number of nitrogens with one attached hydrogen (secondary N) is 1. The van der Waals surface area contributed by atoms with Gasteiger partial charge >= 0.3 is 0 Å². The third kappa shape index (κ3) is 4.02. The second-order valence-corrected chi connectivity index (χ2v) is 5.56. The summed E-state index contributed by atoms with van der Waals surface area (Å²) in [7, 11) is 1.58. The molecule has 2 aromatic carbocycles. The van der Waals surface area contributed by atoms with E-state index < -0.39 is 10.8 Å². The SMILES string of the molecule is CC[C@H](NC(=O)c1ccc(Cl)cc1[N+](=O)[O-])c1ccc(OC)cc1. The van der Waals surface area contributed by atoms with Gasteiger partial charge < -0.3 is 10.1 Å². The van der Waals surface area contributed by atoms with Crippen LogP contribution in [0.4, 0.5) is 5.69 Å². The van der Waals surface area contributed by atoms with Crippen LogP contribution in [0.5, 0.6) is 5.75 Å². The number of amides is 1. The quantitative estimate of drug-likeness (QED) is 0.628. The fourth-order valence-electron chi connectivity index (χ4n) is 2.34. The van der Waals surface area contributed by atoms with Gasteiger partial charge in [0.1, 0.15) is 11.3 Å². The molecule has 6 nitrogen and oxygen atoms in total. The van der Waals surface area contributed by atoms with Crippen LogP contribution < -0.4 is 10.1 Å². The number of rotatable bonds is 6. The largest absolute Gasteiger partial charge is 0.497 e. The average Bonchev–Trinajstić information content (AvgIpc) is 2.59. The smallest absolute Gasteiger partial charge is 0.283 e. The number of carbonyl (C=O) groups is 1. The molecule has 1 atom stereocenters. The highest BCUT2D eigenvalue weighted by atomic mass is 35.5. The van der Waals surface area contributed by atoms with Gasteiger partial charge in [-0.3, -0.25) is 14.9 Å². The van der Waals surface area contributed by atoms with E-state index in [2.05, 4.69) is 5.32 Å². The number of hydrogen-bond acceptors (Lipinski definition) is 4. The Morgan fingerprint density at radius 3 is 2.50 bits per heavy atom. The molecule has 0 aromatic heterocycles. The summed E-state index contributed by atoms with van der Waals surface area (Å²) in [5.41, 5.74) is 0.559. The highest BCUT2D eigenvalue weighted by molar-refractivity contribution is 6.31. The number of halogens is 1. The van der Waals surface area contributed by atoms with Crippen molar-refractivity contribution in [3.8, 4) is 5.75 Å². The summed E-state index contributed by atoms with van der Waals surface area (Å²) in [6, 6.07) is 11.0. The zero-order valence-electron chi connectivity index (χ0n) is 13.3. The monoisotopic (exact) mass is 348 g/mol. The van der Waals surface area contributed by atoms with Crippen LogP contribution in [0.1, 0.15) is 35.3 Å². The molecular formula is C17H17ClN2O4. The first-order valence-electron chi connectivity index (χ1n) is 7.35. The fraction of sp³-hybridized carbons (Fsp3) is 0.235. The van der Waals surface area contributed by atoms with E-state index in [0.29, 0.717) is 12.2 Å². The number of methoxy groups -OCH3 is 1. The normalized spacial score (nSPS) is 11.6. The number of nitro groups is 1. The van der Waals surface area contributed by atoms with Crippen molar-refractivity contribution in [2.24, 2.45) is 0 Å². The highest BCUT2D eigenvalue weighted by Gasteiger charge is 2.22. The molecule has 0 aliphatic carbocycles. The van der Waals surface area contributed by atoms with E-state index in [1.54, 1.807) is 19.2 Å². The van der Waals surface area contributed by atoms with E-state index in [1.165, 1.54) is 18.2 Å². The molecular weight excluding hydrogens is 332 g/mol. The maximum Gasteiger partial charge on any atom is 0.283 e. The first kappa shape index (κ1) is 17.7. The molecule has 1 N–H and O–H groups in total. The van der Waals surface area contributed by atoms with Crippen molar-refractivity contribution >= 4 is 23.2 Å². The zero-order chi connectivity index (χ0) is 17.7. The van der Waals surface area contributed by atoms with E-state index in [0.717, 1.165) is 5.56 Å². The molecule has 0 saturated carbocycles. The molecule has 2 rings (SSSR count). The topological polar surface area (TPSA) is 81.5 Å².